The maximum Gasteiger partial charge on any atom is 0.284 e. The Morgan fingerprint density at radius 3 is 2.26 bits per heavy atom. The second kappa shape index (κ2) is 6.55. The fourth-order valence-corrected chi connectivity index (χ4v) is 4.28. The van der Waals surface area contributed by atoms with Crippen molar-refractivity contribution in [1.29, 1.82) is 0 Å². The number of hydrogen-bond donors (Lipinski definition) is 0. The van der Waals surface area contributed by atoms with E-state index in [-0.39, 0.29) is 21.7 Å². The molecule has 118 valence electrons. The van der Waals surface area contributed by atoms with Crippen LogP contribution in [0.15, 0.2) is 70.0 Å². The molecule has 2 aromatic carbocycles. The molecule has 0 radical (unpaired) electrons. The van der Waals surface area contributed by atoms with Gasteiger partial charge in [-0.1, -0.05) is 60.3 Å². The van der Waals surface area contributed by atoms with Gasteiger partial charge < -0.3 is 0 Å². The second-order valence-electron chi connectivity index (χ2n) is 4.92. The van der Waals surface area contributed by atoms with E-state index in [1.54, 1.807) is 18.2 Å². The molecule has 0 N–H and O–H groups in total. The molecule has 1 amide bonds. The standard InChI is InChI=1S/C16H14N2O3S2/c19-15-12-22-16(18(15)11-13-7-3-1-4-8-13)17-23(20,21)14-9-5-2-6-10-14/h1-10H,11-12H2/b17-16-. The summed E-state index contributed by atoms with van der Waals surface area (Å²) in [6.07, 6.45) is 0. The Morgan fingerprint density at radius 1 is 1.00 bits per heavy atom. The van der Waals surface area contributed by atoms with Crippen LogP contribution in [0.5, 0.6) is 0 Å². The van der Waals surface area contributed by atoms with E-state index >= 15 is 0 Å². The quantitative estimate of drug-likeness (QED) is 0.853. The fraction of sp³-hybridized carbons (Fsp3) is 0.125. The van der Waals surface area contributed by atoms with E-state index in [9.17, 15) is 13.2 Å². The van der Waals surface area contributed by atoms with Gasteiger partial charge in [0.1, 0.15) is 0 Å². The van der Waals surface area contributed by atoms with Crippen LogP contribution in [-0.4, -0.2) is 30.1 Å². The summed E-state index contributed by atoms with van der Waals surface area (Å²) in [6.45, 7) is 0.315. The molecule has 1 aliphatic heterocycles. The van der Waals surface area contributed by atoms with Crippen molar-refractivity contribution >= 4 is 32.9 Å². The molecule has 23 heavy (non-hydrogen) atoms. The number of benzene rings is 2. The molecule has 3 rings (SSSR count). The largest absolute Gasteiger partial charge is 0.285 e. The van der Waals surface area contributed by atoms with Gasteiger partial charge in [0.2, 0.25) is 5.91 Å². The topological polar surface area (TPSA) is 66.8 Å². The number of amides is 1. The first-order valence-corrected chi connectivity index (χ1v) is 9.36. The van der Waals surface area contributed by atoms with Crippen LogP contribution in [0, 0.1) is 0 Å². The van der Waals surface area contributed by atoms with E-state index in [4.69, 9.17) is 0 Å². The van der Waals surface area contributed by atoms with Crippen molar-refractivity contribution < 1.29 is 13.2 Å². The molecule has 0 unspecified atom stereocenters. The van der Waals surface area contributed by atoms with Crippen molar-refractivity contribution in [2.45, 2.75) is 11.4 Å². The van der Waals surface area contributed by atoms with Gasteiger partial charge in [0.05, 0.1) is 17.2 Å². The Balaban J connectivity index is 1.90. The zero-order valence-electron chi connectivity index (χ0n) is 12.1. The molecule has 0 bridgehead atoms. The number of sulfonamides is 1. The normalized spacial score (nSPS) is 17.0. The van der Waals surface area contributed by atoms with E-state index in [0.717, 1.165) is 17.3 Å². The summed E-state index contributed by atoms with van der Waals surface area (Å²) in [5.74, 6) is 0.0663. The monoisotopic (exact) mass is 346 g/mol. The summed E-state index contributed by atoms with van der Waals surface area (Å²) in [4.78, 5) is 13.6. The lowest BCUT2D eigenvalue weighted by Gasteiger charge is -2.15. The average molecular weight is 346 g/mol. The molecule has 0 aliphatic carbocycles. The lowest BCUT2D eigenvalue weighted by Crippen LogP contribution is -2.29. The van der Waals surface area contributed by atoms with Crippen LogP contribution in [0.25, 0.3) is 0 Å². The number of rotatable bonds is 4. The molecule has 1 saturated heterocycles. The Labute approximate surface area is 139 Å². The molecule has 1 heterocycles. The molecule has 0 aromatic heterocycles. The van der Waals surface area contributed by atoms with Crippen LogP contribution in [-0.2, 0) is 21.4 Å². The number of hydrogen-bond acceptors (Lipinski definition) is 4. The van der Waals surface area contributed by atoms with Gasteiger partial charge in [0, 0.05) is 0 Å². The van der Waals surface area contributed by atoms with Crippen molar-refractivity contribution in [3.05, 3.63) is 66.2 Å². The van der Waals surface area contributed by atoms with Crippen molar-refractivity contribution in [1.82, 2.24) is 4.90 Å². The van der Waals surface area contributed by atoms with Crippen molar-refractivity contribution in [2.75, 3.05) is 5.75 Å². The smallest absolute Gasteiger partial charge is 0.284 e. The van der Waals surface area contributed by atoms with Crippen LogP contribution in [0.3, 0.4) is 0 Å². The Hall–Kier alpha value is -2.12. The third-order valence-electron chi connectivity index (χ3n) is 3.28. The predicted octanol–water partition coefficient (Wildman–Crippen LogP) is 2.51. The molecular weight excluding hydrogens is 332 g/mol. The molecule has 0 spiro atoms. The zero-order valence-corrected chi connectivity index (χ0v) is 13.8. The molecule has 2 aromatic rings. The molecule has 1 fully saturated rings. The number of carbonyl (C=O) groups is 1. The number of nitrogens with zero attached hydrogens (tertiary/aromatic N) is 2. The van der Waals surface area contributed by atoms with Crippen molar-refractivity contribution in [3.8, 4) is 0 Å². The number of thioether (sulfide) groups is 1. The van der Waals surface area contributed by atoms with Gasteiger partial charge in [-0.2, -0.15) is 8.42 Å². The Kier molecular flexibility index (Phi) is 4.49. The van der Waals surface area contributed by atoms with Gasteiger partial charge >= 0.3 is 0 Å². The second-order valence-corrected chi connectivity index (χ2v) is 7.46. The lowest BCUT2D eigenvalue weighted by atomic mass is 10.2. The Morgan fingerprint density at radius 2 is 1.61 bits per heavy atom. The minimum atomic E-state index is -3.82. The minimum Gasteiger partial charge on any atom is -0.285 e. The highest BCUT2D eigenvalue weighted by molar-refractivity contribution is 8.15. The zero-order chi connectivity index (χ0) is 16.3. The lowest BCUT2D eigenvalue weighted by molar-refractivity contribution is -0.124. The summed E-state index contributed by atoms with van der Waals surface area (Å²) in [5.41, 5.74) is 0.924. The van der Waals surface area contributed by atoms with Crippen LogP contribution >= 0.6 is 11.8 Å². The summed E-state index contributed by atoms with van der Waals surface area (Å²) in [7, 11) is -3.82. The maximum absolute atomic E-state index is 12.4. The number of carbonyl (C=O) groups excluding carboxylic acids is 1. The van der Waals surface area contributed by atoms with Crippen LogP contribution in [0.1, 0.15) is 5.56 Å². The number of amidine groups is 1. The molecule has 5 nitrogen and oxygen atoms in total. The average Bonchev–Trinajstić information content (AvgIpc) is 2.89. The predicted molar refractivity (Wildman–Crippen MR) is 90.5 cm³/mol. The third kappa shape index (κ3) is 3.62. The van der Waals surface area contributed by atoms with Gasteiger partial charge in [0.25, 0.3) is 10.0 Å². The van der Waals surface area contributed by atoms with Gasteiger partial charge in [-0.15, -0.1) is 4.40 Å². The summed E-state index contributed by atoms with van der Waals surface area (Å²) >= 11 is 1.15. The Bertz CT molecular complexity index is 834. The summed E-state index contributed by atoms with van der Waals surface area (Å²) in [5, 5.41) is 0.225. The van der Waals surface area contributed by atoms with Crippen LogP contribution < -0.4 is 0 Å². The highest BCUT2D eigenvalue weighted by Crippen LogP contribution is 2.24. The summed E-state index contributed by atoms with van der Waals surface area (Å²) in [6, 6.07) is 17.4. The van der Waals surface area contributed by atoms with E-state index in [0.29, 0.717) is 6.54 Å². The molecule has 0 atom stereocenters. The first-order chi connectivity index (χ1) is 11.1. The fourth-order valence-electron chi connectivity index (χ4n) is 2.13. The maximum atomic E-state index is 12.4. The van der Waals surface area contributed by atoms with Crippen molar-refractivity contribution in [2.24, 2.45) is 4.40 Å². The molecule has 0 saturated carbocycles. The molecule has 7 heteroatoms. The minimum absolute atomic E-state index is 0.118. The third-order valence-corrected chi connectivity index (χ3v) is 5.64. The van der Waals surface area contributed by atoms with Crippen LogP contribution in [0.2, 0.25) is 0 Å². The van der Waals surface area contributed by atoms with E-state index in [2.05, 4.69) is 4.40 Å². The van der Waals surface area contributed by atoms with E-state index in [1.807, 2.05) is 30.3 Å². The first-order valence-electron chi connectivity index (χ1n) is 6.93. The van der Waals surface area contributed by atoms with E-state index in [1.165, 1.54) is 17.0 Å². The van der Waals surface area contributed by atoms with E-state index < -0.39 is 10.0 Å². The van der Waals surface area contributed by atoms with Crippen molar-refractivity contribution in [3.63, 3.8) is 0 Å². The highest BCUT2D eigenvalue weighted by Gasteiger charge is 2.30. The highest BCUT2D eigenvalue weighted by atomic mass is 32.2. The van der Waals surface area contributed by atoms with Gasteiger partial charge in [-0.05, 0) is 17.7 Å². The first kappa shape index (κ1) is 15.8. The summed E-state index contributed by atoms with van der Waals surface area (Å²) < 4.78 is 28.6. The van der Waals surface area contributed by atoms with Gasteiger partial charge in [-0.3, -0.25) is 9.69 Å². The SMILES string of the molecule is O=C1CS/C(=N\S(=O)(=O)c2ccccc2)N1Cc1ccccc1. The molecular formula is C16H14N2O3S2. The van der Waals surface area contributed by atoms with Crippen LogP contribution in [0.4, 0.5) is 0 Å². The van der Waals surface area contributed by atoms with Gasteiger partial charge in [-0.25, -0.2) is 0 Å². The molecule has 1 aliphatic rings. The van der Waals surface area contributed by atoms with Gasteiger partial charge in [0.15, 0.2) is 5.17 Å².